The summed E-state index contributed by atoms with van der Waals surface area (Å²) in [6.45, 7) is 11.5. The lowest BCUT2D eigenvalue weighted by atomic mass is 9.79. The second-order valence-electron chi connectivity index (χ2n) is 7.49. The average molecular weight is 317 g/mol. The van der Waals surface area contributed by atoms with Gasteiger partial charge in [0.2, 0.25) is 0 Å². The van der Waals surface area contributed by atoms with E-state index in [9.17, 15) is 4.79 Å². The minimum absolute atomic E-state index is 0.148. The summed E-state index contributed by atoms with van der Waals surface area (Å²) < 4.78 is 11.4. The van der Waals surface area contributed by atoms with Crippen LogP contribution in [0.25, 0.3) is 0 Å². The average Bonchev–Trinajstić information content (AvgIpc) is 2.89. The predicted octanol–water partition coefficient (Wildman–Crippen LogP) is 3.63. The highest BCUT2D eigenvalue weighted by molar-refractivity contribution is 5.93. The number of hydrogen-bond donors (Lipinski definition) is 0. The van der Waals surface area contributed by atoms with Crippen LogP contribution < -0.4 is 4.74 Å². The monoisotopic (exact) mass is 317 g/mol. The number of esters is 1. The first-order valence-corrected chi connectivity index (χ1v) is 8.61. The van der Waals surface area contributed by atoms with Crippen LogP contribution in [0.1, 0.15) is 56.5 Å². The van der Waals surface area contributed by atoms with Gasteiger partial charge >= 0.3 is 5.97 Å². The van der Waals surface area contributed by atoms with Crippen LogP contribution in [-0.2, 0) is 11.3 Å². The molecule has 0 N–H and O–H groups in total. The summed E-state index contributed by atoms with van der Waals surface area (Å²) in [5, 5.41) is 0. The van der Waals surface area contributed by atoms with Gasteiger partial charge in [0.1, 0.15) is 18.5 Å². The highest BCUT2D eigenvalue weighted by Crippen LogP contribution is 2.35. The minimum atomic E-state index is -0.229. The van der Waals surface area contributed by atoms with E-state index in [0.29, 0.717) is 18.2 Å². The number of nitrogens with zero attached hydrogens (tertiary/aromatic N) is 1. The Morgan fingerprint density at radius 1 is 1.43 bits per heavy atom. The third-order valence-corrected chi connectivity index (χ3v) is 5.46. The van der Waals surface area contributed by atoms with Crippen LogP contribution in [0.2, 0.25) is 0 Å². The number of carbonyl (C=O) groups is 1. The molecule has 4 heteroatoms. The van der Waals surface area contributed by atoms with E-state index >= 15 is 0 Å². The summed E-state index contributed by atoms with van der Waals surface area (Å²) in [4.78, 5) is 14.1. The third kappa shape index (κ3) is 3.23. The molecular weight excluding hydrogens is 290 g/mol. The maximum atomic E-state index is 11.6. The van der Waals surface area contributed by atoms with E-state index in [2.05, 4.69) is 32.6 Å². The van der Waals surface area contributed by atoms with Gasteiger partial charge in [0.05, 0.1) is 5.56 Å². The topological polar surface area (TPSA) is 38.8 Å². The van der Waals surface area contributed by atoms with E-state index in [0.717, 1.165) is 37.2 Å². The molecule has 0 radical (unpaired) electrons. The molecule has 1 fully saturated rings. The van der Waals surface area contributed by atoms with Crippen molar-refractivity contribution in [1.82, 2.24) is 4.90 Å². The van der Waals surface area contributed by atoms with Crippen LogP contribution >= 0.6 is 0 Å². The first-order chi connectivity index (χ1) is 10.9. The second kappa shape index (κ2) is 6.16. The van der Waals surface area contributed by atoms with E-state index in [4.69, 9.17) is 9.47 Å². The van der Waals surface area contributed by atoms with Gasteiger partial charge in [0, 0.05) is 23.6 Å². The van der Waals surface area contributed by atoms with Gasteiger partial charge < -0.3 is 9.47 Å². The number of piperidine rings is 1. The zero-order valence-electron chi connectivity index (χ0n) is 14.6. The normalized spacial score (nSPS) is 24.9. The highest BCUT2D eigenvalue weighted by Gasteiger charge is 2.38. The number of fused-ring (bicyclic) bond motifs is 1. The van der Waals surface area contributed by atoms with Crippen molar-refractivity contribution in [2.24, 2.45) is 5.41 Å². The van der Waals surface area contributed by atoms with Crippen molar-refractivity contribution in [2.45, 2.75) is 59.3 Å². The summed E-state index contributed by atoms with van der Waals surface area (Å²) in [5.41, 5.74) is 1.75. The van der Waals surface area contributed by atoms with Crippen molar-refractivity contribution < 1.29 is 14.3 Å². The molecule has 0 aromatic heterocycles. The lowest BCUT2D eigenvalue weighted by Gasteiger charge is -2.45. The third-order valence-electron chi connectivity index (χ3n) is 5.46. The van der Waals surface area contributed by atoms with E-state index in [1.54, 1.807) is 0 Å². The lowest BCUT2D eigenvalue weighted by molar-refractivity contribution is -0.0218. The molecule has 23 heavy (non-hydrogen) atoms. The lowest BCUT2D eigenvalue weighted by Crippen LogP contribution is -2.53. The van der Waals surface area contributed by atoms with Gasteiger partial charge in [-0.15, -0.1) is 0 Å². The van der Waals surface area contributed by atoms with Gasteiger partial charge in [-0.25, -0.2) is 4.79 Å². The van der Waals surface area contributed by atoms with Crippen LogP contribution in [0.4, 0.5) is 0 Å². The number of ether oxygens (including phenoxy) is 2. The van der Waals surface area contributed by atoms with Crippen molar-refractivity contribution in [1.29, 1.82) is 0 Å². The smallest absolute Gasteiger partial charge is 0.338 e. The van der Waals surface area contributed by atoms with E-state index in [1.165, 1.54) is 0 Å². The summed E-state index contributed by atoms with van der Waals surface area (Å²) in [6.07, 6.45) is 2.45. The van der Waals surface area contributed by atoms with Gasteiger partial charge in [0.15, 0.2) is 0 Å². The Morgan fingerprint density at radius 3 is 2.96 bits per heavy atom. The molecule has 0 saturated carbocycles. The second-order valence-corrected chi connectivity index (χ2v) is 7.49. The molecule has 0 amide bonds. The first-order valence-electron chi connectivity index (χ1n) is 8.61. The Hall–Kier alpha value is -1.55. The zero-order chi connectivity index (χ0) is 16.6. The van der Waals surface area contributed by atoms with Crippen molar-refractivity contribution in [2.75, 3.05) is 13.1 Å². The number of hydrogen-bond acceptors (Lipinski definition) is 4. The Labute approximate surface area is 138 Å². The van der Waals surface area contributed by atoms with E-state index in [-0.39, 0.29) is 17.5 Å². The zero-order valence-corrected chi connectivity index (χ0v) is 14.6. The van der Waals surface area contributed by atoms with Gasteiger partial charge in [0.25, 0.3) is 0 Å². The minimum Gasteiger partial charge on any atom is -0.489 e. The van der Waals surface area contributed by atoms with Crippen LogP contribution in [-0.4, -0.2) is 36.1 Å². The van der Waals surface area contributed by atoms with Gasteiger partial charge in [-0.3, -0.25) is 4.90 Å². The Bertz CT molecular complexity index is 596. The van der Waals surface area contributed by atoms with Crippen molar-refractivity contribution in [3.63, 3.8) is 0 Å². The number of likely N-dealkylation sites (tertiary alicyclic amines) is 1. The van der Waals surface area contributed by atoms with Crippen LogP contribution in [0.15, 0.2) is 18.2 Å². The molecule has 2 aliphatic heterocycles. The summed E-state index contributed by atoms with van der Waals surface area (Å²) in [6, 6.07) is 6.26. The molecule has 4 nitrogen and oxygen atoms in total. The van der Waals surface area contributed by atoms with Crippen molar-refractivity contribution in [3.05, 3.63) is 29.3 Å². The maximum absolute atomic E-state index is 11.6. The SMILES string of the molecule is CC[C@H](C)N1CCC(C)(C)C(Oc2ccc3c(c2)COC3=O)C1. The molecule has 0 spiro atoms. The molecule has 2 aliphatic rings. The molecule has 2 atom stereocenters. The summed E-state index contributed by atoms with van der Waals surface area (Å²) in [5.74, 6) is 0.610. The number of carbonyl (C=O) groups excluding carboxylic acids is 1. The molecule has 1 aromatic rings. The summed E-state index contributed by atoms with van der Waals surface area (Å²) in [7, 11) is 0. The van der Waals surface area contributed by atoms with E-state index in [1.807, 2.05) is 18.2 Å². The van der Waals surface area contributed by atoms with Gasteiger partial charge in [-0.05, 0) is 44.5 Å². The molecular formula is C19H27NO3. The standard InChI is InChI=1S/C19H27NO3/c1-5-13(2)20-9-8-19(3,4)17(11-20)23-15-6-7-16-14(10-15)12-22-18(16)21/h6-7,10,13,17H,5,8-9,11-12H2,1-4H3/t13-,17?/m0/s1. The summed E-state index contributed by atoms with van der Waals surface area (Å²) >= 11 is 0. The van der Waals surface area contributed by atoms with Crippen molar-refractivity contribution >= 4 is 5.97 Å². The Kier molecular flexibility index (Phi) is 4.37. The fourth-order valence-electron chi connectivity index (χ4n) is 3.35. The molecule has 3 rings (SSSR count). The molecule has 2 heterocycles. The number of rotatable bonds is 4. The fraction of sp³-hybridized carbons (Fsp3) is 0.632. The molecule has 0 bridgehead atoms. The predicted molar refractivity (Wildman–Crippen MR) is 89.7 cm³/mol. The van der Waals surface area contributed by atoms with E-state index < -0.39 is 0 Å². The molecule has 1 aromatic carbocycles. The van der Waals surface area contributed by atoms with Gasteiger partial charge in [-0.1, -0.05) is 20.8 Å². The Balaban J connectivity index is 1.75. The quantitative estimate of drug-likeness (QED) is 0.795. The van der Waals surface area contributed by atoms with Crippen LogP contribution in [0.5, 0.6) is 5.75 Å². The molecule has 1 saturated heterocycles. The van der Waals surface area contributed by atoms with Crippen LogP contribution in [0.3, 0.4) is 0 Å². The first kappa shape index (κ1) is 16.3. The fourth-order valence-corrected chi connectivity index (χ4v) is 3.35. The van der Waals surface area contributed by atoms with Crippen LogP contribution in [0, 0.1) is 5.41 Å². The molecule has 1 unspecified atom stereocenters. The number of benzene rings is 1. The highest BCUT2D eigenvalue weighted by atomic mass is 16.5. The molecule has 0 aliphatic carbocycles. The Morgan fingerprint density at radius 2 is 2.22 bits per heavy atom. The van der Waals surface area contributed by atoms with Gasteiger partial charge in [-0.2, -0.15) is 0 Å². The molecule has 126 valence electrons. The van der Waals surface area contributed by atoms with Crippen molar-refractivity contribution in [3.8, 4) is 5.75 Å². The number of cyclic esters (lactones) is 1. The maximum Gasteiger partial charge on any atom is 0.338 e. The largest absolute Gasteiger partial charge is 0.489 e.